The number of carbonyl (C=O) groups is 2. The Morgan fingerprint density at radius 1 is 1.20 bits per heavy atom. The molecule has 0 saturated carbocycles. The van der Waals surface area contributed by atoms with Crippen molar-refractivity contribution in [3.05, 3.63) is 24.3 Å². The summed E-state index contributed by atoms with van der Waals surface area (Å²) in [6.45, 7) is 8.33. The van der Waals surface area contributed by atoms with Crippen LogP contribution in [0.15, 0.2) is 24.3 Å². The van der Waals surface area contributed by atoms with Gasteiger partial charge in [0.25, 0.3) is 0 Å². The van der Waals surface area contributed by atoms with Crippen LogP contribution in [0.25, 0.3) is 0 Å². The maximum atomic E-state index is 12.1. The standard InChI is InChI=1S/C17H23BN2O5/c1-16(2)17(3,4)25-18(24-16)11-5-7-13(8-6-11)20-10-12(9-14(20)21)19-15(22)23/h5-8,12,19H,9-10H2,1-4H3,(H,22,23)/t12-/m1/s1. The minimum absolute atomic E-state index is 0.0952. The number of amides is 2. The van der Waals surface area contributed by atoms with Crippen LogP contribution in [0, 0.1) is 0 Å². The summed E-state index contributed by atoms with van der Waals surface area (Å²) < 4.78 is 12.0. The molecule has 8 heteroatoms. The summed E-state index contributed by atoms with van der Waals surface area (Å²) in [5.41, 5.74) is 0.808. The van der Waals surface area contributed by atoms with Gasteiger partial charge in [0.1, 0.15) is 0 Å². The first-order chi connectivity index (χ1) is 11.6. The van der Waals surface area contributed by atoms with E-state index in [1.807, 2.05) is 52.0 Å². The first-order valence-electron chi connectivity index (χ1n) is 8.34. The SMILES string of the molecule is CC1(C)OB(c2ccc(N3C[C@H](NC(=O)O)CC3=O)cc2)OC1(C)C. The lowest BCUT2D eigenvalue weighted by Crippen LogP contribution is -2.41. The fourth-order valence-corrected chi connectivity index (χ4v) is 3.02. The minimum atomic E-state index is -1.12. The molecular formula is C17H23BN2O5. The highest BCUT2D eigenvalue weighted by Crippen LogP contribution is 2.36. The molecular weight excluding hydrogens is 323 g/mol. The summed E-state index contributed by atoms with van der Waals surface area (Å²) >= 11 is 0. The molecule has 2 aliphatic heterocycles. The van der Waals surface area contributed by atoms with Gasteiger partial charge in [0, 0.05) is 18.7 Å². The van der Waals surface area contributed by atoms with Gasteiger partial charge in [0.05, 0.1) is 17.2 Å². The van der Waals surface area contributed by atoms with Gasteiger partial charge >= 0.3 is 13.2 Å². The van der Waals surface area contributed by atoms with E-state index in [0.29, 0.717) is 6.54 Å². The summed E-state index contributed by atoms with van der Waals surface area (Å²) in [7, 11) is -0.449. The van der Waals surface area contributed by atoms with E-state index in [-0.39, 0.29) is 18.4 Å². The van der Waals surface area contributed by atoms with Crippen LogP contribution in [0.4, 0.5) is 10.5 Å². The molecule has 1 aromatic rings. The monoisotopic (exact) mass is 346 g/mol. The zero-order chi connectivity index (χ0) is 18.4. The molecule has 25 heavy (non-hydrogen) atoms. The van der Waals surface area contributed by atoms with Gasteiger partial charge in [0.2, 0.25) is 5.91 Å². The summed E-state index contributed by atoms with van der Waals surface area (Å²) in [5.74, 6) is -0.0952. The maximum absolute atomic E-state index is 12.1. The number of hydrogen-bond donors (Lipinski definition) is 2. The van der Waals surface area contributed by atoms with Crippen molar-refractivity contribution >= 4 is 30.3 Å². The number of anilines is 1. The highest BCUT2D eigenvalue weighted by atomic mass is 16.7. The van der Waals surface area contributed by atoms with E-state index in [1.165, 1.54) is 0 Å². The van der Waals surface area contributed by atoms with E-state index in [9.17, 15) is 9.59 Å². The van der Waals surface area contributed by atoms with Crippen LogP contribution in [0.5, 0.6) is 0 Å². The number of nitrogens with zero attached hydrogens (tertiary/aromatic N) is 1. The Morgan fingerprint density at radius 2 is 1.76 bits per heavy atom. The zero-order valence-corrected chi connectivity index (χ0v) is 14.9. The third kappa shape index (κ3) is 3.36. The molecule has 0 radical (unpaired) electrons. The van der Waals surface area contributed by atoms with E-state index in [4.69, 9.17) is 14.4 Å². The number of hydrogen-bond acceptors (Lipinski definition) is 4. The zero-order valence-electron chi connectivity index (χ0n) is 14.9. The Kier molecular flexibility index (Phi) is 4.29. The average Bonchev–Trinajstić information content (AvgIpc) is 2.95. The highest BCUT2D eigenvalue weighted by Gasteiger charge is 2.51. The molecule has 0 aromatic heterocycles. The smallest absolute Gasteiger partial charge is 0.465 e. The molecule has 3 rings (SSSR count). The Labute approximate surface area is 147 Å². The molecule has 2 fully saturated rings. The minimum Gasteiger partial charge on any atom is -0.465 e. The van der Waals surface area contributed by atoms with Crippen LogP contribution in [-0.4, -0.2) is 48.0 Å². The summed E-state index contributed by atoms with van der Waals surface area (Å²) in [6.07, 6.45) is -0.943. The third-order valence-electron chi connectivity index (χ3n) is 5.18. The normalized spacial score (nSPS) is 24.6. The van der Waals surface area contributed by atoms with Gasteiger partial charge in [-0.1, -0.05) is 12.1 Å². The van der Waals surface area contributed by atoms with E-state index in [1.54, 1.807) is 4.90 Å². The fourth-order valence-electron chi connectivity index (χ4n) is 3.02. The molecule has 0 aliphatic carbocycles. The molecule has 0 spiro atoms. The van der Waals surface area contributed by atoms with Crippen LogP contribution < -0.4 is 15.7 Å². The van der Waals surface area contributed by atoms with Crippen molar-refractivity contribution in [2.45, 2.75) is 51.4 Å². The average molecular weight is 346 g/mol. The predicted molar refractivity (Wildman–Crippen MR) is 94.1 cm³/mol. The summed E-state index contributed by atoms with van der Waals surface area (Å²) in [4.78, 5) is 24.4. The van der Waals surface area contributed by atoms with Crippen LogP contribution in [-0.2, 0) is 14.1 Å². The Morgan fingerprint density at radius 3 is 2.28 bits per heavy atom. The molecule has 0 unspecified atom stereocenters. The van der Waals surface area contributed by atoms with Crippen molar-refractivity contribution in [3.8, 4) is 0 Å². The number of rotatable bonds is 3. The summed E-state index contributed by atoms with van der Waals surface area (Å²) in [6, 6.07) is 7.04. The van der Waals surface area contributed by atoms with Crippen LogP contribution in [0.3, 0.4) is 0 Å². The van der Waals surface area contributed by atoms with Crippen LogP contribution in [0.1, 0.15) is 34.1 Å². The van der Waals surface area contributed by atoms with Crippen molar-refractivity contribution in [1.29, 1.82) is 0 Å². The molecule has 1 aromatic carbocycles. The first-order valence-corrected chi connectivity index (χ1v) is 8.34. The number of benzene rings is 1. The molecule has 2 heterocycles. The largest absolute Gasteiger partial charge is 0.494 e. The van der Waals surface area contributed by atoms with Crippen molar-refractivity contribution in [2.75, 3.05) is 11.4 Å². The second-order valence-corrected chi connectivity index (χ2v) is 7.53. The van der Waals surface area contributed by atoms with Crippen molar-refractivity contribution in [1.82, 2.24) is 5.32 Å². The van der Waals surface area contributed by atoms with E-state index >= 15 is 0 Å². The molecule has 134 valence electrons. The number of carbonyl (C=O) groups excluding carboxylic acids is 1. The van der Waals surface area contributed by atoms with Crippen molar-refractivity contribution in [3.63, 3.8) is 0 Å². The number of nitrogens with one attached hydrogen (secondary N) is 1. The second kappa shape index (κ2) is 6.03. The van der Waals surface area contributed by atoms with Gasteiger partial charge in [-0.15, -0.1) is 0 Å². The van der Waals surface area contributed by atoms with Gasteiger partial charge in [0.15, 0.2) is 0 Å². The van der Waals surface area contributed by atoms with Gasteiger partial charge in [-0.3, -0.25) is 4.79 Å². The summed E-state index contributed by atoms with van der Waals surface area (Å²) in [5, 5.41) is 11.2. The van der Waals surface area contributed by atoms with E-state index in [2.05, 4.69) is 5.32 Å². The molecule has 2 saturated heterocycles. The maximum Gasteiger partial charge on any atom is 0.494 e. The van der Waals surface area contributed by atoms with E-state index < -0.39 is 24.4 Å². The third-order valence-corrected chi connectivity index (χ3v) is 5.18. The molecule has 7 nitrogen and oxygen atoms in total. The lowest BCUT2D eigenvalue weighted by atomic mass is 9.79. The first kappa shape index (κ1) is 17.8. The Bertz CT molecular complexity index is 673. The Balaban J connectivity index is 1.71. The van der Waals surface area contributed by atoms with Crippen molar-refractivity contribution < 1.29 is 24.0 Å². The molecule has 2 N–H and O–H groups in total. The second-order valence-electron chi connectivity index (χ2n) is 7.53. The lowest BCUT2D eigenvalue weighted by Gasteiger charge is -2.32. The van der Waals surface area contributed by atoms with Gasteiger partial charge in [-0.2, -0.15) is 0 Å². The van der Waals surface area contributed by atoms with Crippen LogP contribution >= 0.6 is 0 Å². The topological polar surface area (TPSA) is 88.1 Å². The molecule has 0 bridgehead atoms. The van der Waals surface area contributed by atoms with Crippen LogP contribution in [0.2, 0.25) is 0 Å². The fraction of sp³-hybridized carbons (Fsp3) is 0.529. The molecule has 1 atom stereocenters. The Hall–Kier alpha value is -2.06. The number of carboxylic acid groups (broad SMARTS) is 1. The van der Waals surface area contributed by atoms with Gasteiger partial charge in [-0.05, 0) is 45.3 Å². The lowest BCUT2D eigenvalue weighted by molar-refractivity contribution is -0.117. The van der Waals surface area contributed by atoms with Gasteiger partial charge < -0.3 is 24.6 Å². The molecule has 2 aliphatic rings. The van der Waals surface area contributed by atoms with Gasteiger partial charge in [-0.25, -0.2) is 4.79 Å². The van der Waals surface area contributed by atoms with Crippen molar-refractivity contribution in [2.24, 2.45) is 0 Å². The predicted octanol–water partition coefficient (Wildman–Crippen LogP) is 1.36. The highest BCUT2D eigenvalue weighted by molar-refractivity contribution is 6.62. The molecule has 2 amide bonds. The van der Waals surface area contributed by atoms with E-state index in [0.717, 1.165) is 11.2 Å². The quantitative estimate of drug-likeness (QED) is 0.807.